The van der Waals surface area contributed by atoms with Crippen LogP contribution < -0.4 is 0 Å². The Balaban J connectivity index is 1.47. The Morgan fingerprint density at radius 1 is 1.25 bits per heavy atom. The van der Waals surface area contributed by atoms with Gasteiger partial charge in [-0.25, -0.2) is 0 Å². The molecule has 0 aromatic heterocycles. The zero-order valence-corrected chi connectivity index (χ0v) is 14.5. The second-order valence-electron chi connectivity index (χ2n) is 8.80. The van der Waals surface area contributed by atoms with E-state index in [1.165, 1.54) is 31.3 Å². The predicted molar refractivity (Wildman–Crippen MR) is 94.5 cm³/mol. The van der Waals surface area contributed by atoms with Gasteiger partial charge in [0.1, 0.15) is 0 Å². The Labute approximate surface area is 144 Å². The minimum atomic E-state index is 0.00420. The zero-order chi connectivity index (χ0) is 16.4. The van der Waals surface area contributed by atoms with Gasteiger partial charge >= 0.3 is 0 Å². The van der Waals surface area contributed by atoms with Gasteiger partial charge in [-0.3, -0.25) is 0 Å². The lowest BCUT2D eigenvalue weighted by atomic mass is 9.53. The molecule has 0 radical (unpaired) electrons. The normalized spacial score (nSPS) is 49.2. The average molecular weight is 325 g/mol. The van der Waals surface area contributed by atoms with Gasteiger partial charge in [0.25, 0.3) is 0 Å². The van der Waals surface area contributed by atoms with E-state index >= 15 is 0 Å². The minimum Gasteiger partial charge on any atom is -0.366 e. The average Bonchev–Trinajstić information content (AvgIpc) is 3.21. The van der Waals surface area contributed by atoms with Crippen molar-refractivity contribution in [2.75, 3.05) is 6.61 Å². The Hall–Kier alpha value is -1.22. The Morgan fingerprint density at radius 3 is 2.96 bits per heavy atom. The van der Waals surface area contributed by atoms with Gasteiger partial charge in [0.05, 0.1) is 18.2 Å². The molecular formula is C21H27NO2. The maximum atomic E-state index is 10.9. The van der Waals surface area contributed by atoms with Gasteiger partial charge in [-0.15, -0.1) is 0 Å². The van der Waals surface area contributed by atoms with Crippen LogP contribution in [0.4, 0.5) is 0 Å². The van der Waals surface area contributed by atoms with E-state index in [1.807, 2.05) is 0 Å². The summed E-state index contributed by atoms with van der Waals surface area (Å²) in [5.41, 5.74) is 3.38. The molecular weight excluding hydrogens is 298 g/mol. The van der Waals surface area contributed by atoms with Crippen molar-refractivity contribution in [3.05, 3.63) is 40.4 Å². The van der Waals surface area contributed by atoms with Crippen LogP contribution in [0.1, 0.15) is 51.9 Å². The van der Waals surface area contributed by atoms with Gasteiger partial charge in [0.2, 0.25) is 0 Å². The molecule has 5 aliphatic rings. The number of hydrogen-bond donors (Lipinski definition) is 0. The number of fused-ring (bicyclic) bond motifs is 5. The third-order valence-electron chi connectivity index (χ3n) is 8.07. The maximum absolute atomic E-state index is 10.9. The summed E-state index contributed by atoms with van der Waals surface area (Å²) in [5.74, 6) is 2.10. The number of rotatable bonds is 1. The van der Waals surface area contributed by atoms with Gasteiger partial charge in [-0.1, -0.05) is 42.0 Å². The molecule has 5 rings (SSSR count). The molecule has 4 aliphatic carbocycles. The molecule has 6 atom stereocenters. The summed E-state index contributed by atoms with van der Waals surface area (Å²) in [6.45, 7) is 3.28. The summed E-state index contributed by atoms with van der Waals surface area (Å²) in [5, 5.41) is 3.31. The van der Waals surface area contributed by atoms with Gasteiger partial charge < -0.3 is 4.74 Å². The van der Waals surface area contributed by atoms with Gasteiger partial charge in [0.15, 0.2) is 0 Å². The Kier molecular flexibility index (Phi) is 3.23. The van der Waals surface area contributed by atoms with Crippen molar-refractivity contribution in [3.8, 4) is 0 Å². The summed E-state index contributed by atoms with van der Waals surface area (Å²) in [6.07, 6.45) is 17.4. The lowest BCUT2D eigenvalue weighted by Crippen LogP contribution is -2.50. The first-order chi connectivity index (χ1) is 11.7. The molecule has 2 saturated carbocycles. The van der Waals surface area contributed by atoms with Crippen molar-refractivity contribution < 1.29 is 4.74 Å². The van der Waals surface area contributed by atoms with Gasteiger partial charge in [0, 0.05) is 5.41 Å². The monoisotopic (exact) mass is 325 g/mol. The van der Waals surface area contributed by atoms with Crippen LogP contribution in [0.2, 0.25) is 0 Å². The zero-order valence-electron chi connectivity index (χ0n) is 14.5. The molecule has 0 aromatic rings. The molecule has 0 amide bonds. The Bertz CT molecular complexity index is 663. The van der Waals surface area contributed by atoms with Crippen molar-refractivity contribution in [3.63, 3.8) is 0 Å². The highest BCUT2D eigenvalue weighted by Gasteiger charge is 2.62. The highest BCUT2D eigenvalue weighted by molar-refractivity contribution is 5.38. The van der Waals surface area contributed by atoms with E-state index in [-0.39, 0.29) is 17.1 Å². The summed E-state index contributed by atoms with van der Waals surface area (Å²) in [7, 11) is 0. The fourth-order valence-corrected chi connectivity index (χ4v) is 6.78. The molecule has 2 fully saturated rings. The van der Waals surface area contributed by atoms with E-state index in [0.717, 1.165) is 31.8 Å². The van der Waals surface area contributed by atoms with Crippen LogP contribution in [-0.4, -0.2) is 18.2 Å². The first-order valence-corrected chi connectivity index (χ1v) is 9.71. The molecule has 3 heteroatoms. The van der Waals surface area contributed by atoms with Crippen LogP contribution in [0.25, 0.3) is 0 Å². The van der Waals surface area contributed by atoms with Crippen molar-refractivity contribution in [2.45, 2.75) is 63.5 Å². The topological polar surface area (TPSA) is 38.7 Å². The van der Waals surface area contributed by atoms with E-state index in [1.54, 1.807) is 5.57 Å². The van der Waals surface area contributed by atoms with E-state index < -0.39 is 0 Å². The standard InChI is InChI=1S/C21H27NO2/c1-20-10-7-17-16-6-4-15(22-23)13-14(16)3-5-18(17)19(20)8-11-21(20)9-2-12-24-21/h2-3,5,9,15,17-19H,4,6-8,10-13H2,1H3/t15?,17?,18?,19?,20-,21-/m0/s1. The van der Waals surface area contributed by atoms with Crippen LogP contribution >= 0.6 is 0 Å². The quantitative estimate of drug-likeness (QED) is 0.506. The van der Waals surface area contributed by atoms with E-state index in [0.29, 0.717) is 11.8 Å². The predicted octanol–water partition coefficient (Wildman–Crippen LogP) is 4.94. The molecule has 128 valence electrons. The summed E-state index contributed by atoms with van der Waals surface area (Å²) < 4.78 is 6.29. The van der Waals surface area contributed by atoms with Crippen molar-refractivity contribution in [1.82, 2.24) is 0 Å². The van der Waals surface area contributed by atoms with Crippen molar-refractivity contribution >= 4 is 0 Å². The molecule has 3 nitrogen and oxygen atoms in total. The van der Waals surface area contributed by atoms with Crippen LogP contribution in [0, 0.1) is 28.1 Å². The highest BCUT2D eigenvalue weighted by atomic mass is 16.5. The van der Waals surface area contributed by atoms with Crippen LogP contribution in [0.5, 0.6) is 0 Å². The molecule has 4 unspecified atom stereocenters. The fraction of sp³-hybridized carbons (Fsp3) is 0.714. The number of allylic oxidation sites excluding steroid dienone is 3. The highest BCUT2D eigenvalue weighted by Crippen LogP contribution is 2.65. The minimum absolute atomic E-state index is 0.00420. The summed E-state index contributed by atoms with van der Waals surface area (Å²) in [4.78, 5) is 10.9. The second-order valence-corrected chi connectivity index (χ2v) is 8.80. The number of nitrogens with zero attached hydrogens (tertiary/aromatic N) is 1. The summed E-state index contributed by atoms with van der Waals surface area (Å²) >= 11 is 0. The van der Waals surface area contributed by atoms with Crippen LogP contribution in [-0.2, 0) is 4.74 Å². The second kappa shape index (κ2) is 5.14. The van der Waals surface area contributed by atoms with Crippen LogP contribution in [0.15, 0.2) is 40.6 Å². The molecule has 1 heterocycles. The third kappa shape index (κ3) is 1.82. The molecule has 1 aliphatic heterocycles. The van der Waals surface area contributed by atoms with E-state index in [2.05, 4.69) is 36.4 Å². The number of ether oxygens (including phenoxy) is 1. The maximum Gasteiger partial charge on any atom is 0.0962 e. The van der Waals surface area contributed by atoms with Gasteiger partial charge in [-0.2, -0.15) is 4.91 Å². The molecule has 1 spiro atoms. The molecule has 24 heavy (non-hydrogen) atoms. The first-order valence-electron chi connectivity index (χ1n) is 9.71. The molecule has 0 bridgehead atoms. The third-order valence-corrected chi connectivity index (χ3v) is 8.07. The smallest absolute Gasteiger partial charge is 0.0962 e. The molecule has 0 aromatic carbocycles. The molecule has 0 saturated heterocycles. The van der Waals surface area contributed by atoms with Crippen molar-refractivity contribution in [2.24, 2.45) is 28.3 Å². The lowest BCUT2D eigenvalue weighted by Gasteiger charge is -2.52. The SMILES string of the molecule is C[C@]12CCC3C4=C(C=CC3C1CC[C@@]21C=CCO1)CC(N=O)CC4. The van der Waals surface area contributed by atoms with E-state index in [9.17, 15) is 4.91 Å². The van der Waals surface area contributed by atoms with Gasteiger partial charge in [-0.05, 0) is 68.3 Å². The number of nitroso groups, excluding NO2 is 1. The fourth-order valence-electron chi connectivity index (χ4n) is 6.78. The molecule has 0 N–H and O–H groups in total. The number of hydrogen-bond acceptors (Lipinski definition) is 3. The van der Waals surface area contributed by atoms with Crippen molar-refractivity contribution in [1.29, 1.82) is 0 Å². The first kappa shape index (κ1) is 15.1. The Morgan fingerprint density at radius 2 is 2.17 bits per heavy atom. The van der Waals surface area contributed by atoms with E-state index in [4.69, 9.17) is 4.74 Å². The summed E-state index contributed by atoms with van der Waals surface area (Å²) in [6, 6.07) is 0.00517. The lowest BCUT2D eigenvalue weighted by molar-refractivity contribution is -0.0926. The largest absolute Gasteiger partial charge is 0.366 e. The van der Waals surface area contributed by atoms with Crippen LogP contribution in [0.3, 0.4) is 0 Å².